The van der Waals surface area contributed by atoms with Crippen LogP contribution in [0.25, 0.3) is 0 Å². The van der Waals surface area contributed by atoms with Gasteiger partial charge in [0.15, 0.2) is 5.11 Å². The number of hydrazine groups is 1. The van der Waals surface area contributed by atoms with Gasteiger partial charge in [-0.1, -0.05) is 25.5 Å². The molecule has 0 aliphatic rings. The van der Waals surface area contributed by atoms with Crippen LogP contribution >= 0.6 is 12.2 Å². The molecule has 4 N–H and O–H groups in total. The number of thiocarbonyl (C=S) groups is 1. The zero-order chi connectivity index (χ0) is 12.7. The Hall–Kier alpha value is -1.62. The maximum atomic E-state index is 11.6. The molecule has 0 aliphatic carbocycles. The number of hydrogen-bond donors (Lipinski definition) is 3. The minimum atomic E-state index is -0.250. The summed E-state index contributed by atoms with van der Waals surface area (Å²) in [6.07, 6.45) is 3.37. The van der Waals surface area contributed by atoms with E-state index in [4.69, 9.17) is 5.73 Å². The molecule has 0 unspecified atom stereocenters. The zero-order valence-electron chi connectivity index (χ0n) is 9.82. The quantitative estimate of drug-likeness (QED) is 0.560. The first-order valence-electron chi connectivity index (χ1n) is 5.58. The zero-order valence-corrected chi connectivity index (χ0v) is 10.6. The van der Waals surface area contributed by atoms with Crippen molar-refractivity contribution in [2.45, 2.75) is 26.2 Å². The second-order valence-corrected chi connectivity index (χ2v) is 4.18. The molecule has 0 spiro atoms. The van der Waals surface area contributed by atoms with Gasteiger partial charge in [-0.15, -0.1) is 0 Å². The first-order chi connectivity index (χ1) is 8.13. The van der Waals surface area contributed by atoms with Crippen LogP contribution in [0, 0.1) is 0 Å². The van der Waals surface area contributed by atoms with Gasteiger partial charge in [-0.3, -0.25) is 15.6 Å². The van der Waals surface area contributed by atoms with E-state index < -0.39 is 0 Å². The summed E-state index contributed by atoms with van der Waals surface area (Å²) >= 11 is 4.58. The molecule has 0 atom stereocenters. The lowest BCUT2D eigenvalue weighted by Gasteiger charge is -2.06. The molecular formula is C12H17N3OS. The van der Waals surface area contributed by atoms with E-state index in [2.05, 4.69) is 30.0 Å². The van der Waals surface area contributed by atoms with Gasteiger partial charge in [0.05, 0.1) is 0 Å². The average Bonchev–Trinajstić information content (AvgIpc) is 2.34. The van der Waals surface area contributed by atoms with E-state index in [0.29, 0.717) is 5.56 Å². The van der Waals surface area contributed by atoms with Crippen molar-refractivity contribution in [3.8, 4) is 0 Å². The number of nitrogens with two attached hydrogens (primary N) is 1. The highest BCUT2D eigenvalue weighted by Crippen LogP contribution is 2.07. The monoisotopic (exact) mass is 251 g/mol. The number of aryl methyl sites for hydroxylation is 1. The lowest BCUT2D eigenvalue weighted by Crippen LogP contribution is -2.44. The van der Waals surface area contributed by atoms with Crippen molar-refractivity contribution in [2.24, 2.45) is 5.73 Å². The van der Waals surface area contributed by atoms with Gasteiger partial charge in [-0.05, 0) is 42.8 Å². The van der Waals surface area contributed by atoms with Crippen LogP contribution in [0.5, 0.6) is 0 Å². The third-order valence-corrected chi connectivity index (χ3v) is 2.44. The molecule has 0 radical (unpaired) electrons. The van der Waals surface area contributed by atoms with Crippen molar-refractivity contribution in [3.05, 3.63) is 35.4 Å². The van der Waals surface area contributed by atoms with Crippen molar-refractivity contribution in [1.82, 2.24) is 10.9 Å². The largest absolute Gasteiger partial charge is 0.375 e. The smallest absolute Gasteiger partial charge is 0.269 e. The molecule has 0 bridgehead atoms. The number of carbonyl (C=O) groups excluding carboxylic acids is 1. The highest BCUT2D eigenvalue weighted by Gasteiger charge is 2.04. The molecule has 0 saturated carbocycles. The van der Waals surface area contributed by atoms with Crippen molar-refractivity contribution in [1.29, 1.82) is 0 Å². The summed E-state index contributed by atoms with van der Waals surface area (Å²) in [5, 5.41) is 0.0397. The SMILES string of the molecule is CCCCc1ccc(C(=O)NNC(N)=S)cc1. The number of hydrogen-bond acceptors (Lipinski definition) is 2. The van der Waals surface area contributed by atoms with E-state index >= 15 is 0 Å². The minimum absolute atomic E-state index is 0.0397. The molecule has 1 aromatic carbocycles. The third kappa shape index (κ3) is 4.82. The van der Waals surface area contributed by atoms with Crippen molar-refractivity contribution < 1.29 is 4.79 Å². The van der Waals surface area contributed by atoms with Gasteiger partial charge in [0.25, 0.3) is 5.91 Å². The molecular weight excluding hydrogens is 234 g/mol. The molecule has 0 saturated heterocycles. The summed E-state index contributed by atoms with van der Waals surface area (Å²) < 4.78 is 0. The molecule has 1 amide bonds. The van der Waals surface area contributed by atoms with Crippen LogP contribution < -0.4 is 16.6 Å². The molecule has 17 heavy (non-hydrogen) atoms. The van der Waals surface area contributed by atoms with E-state index in [1.807, 2.05) is 12.1 Å². The summed E-state index contributed by atoms with van der Waals surface area (Å²) in [7, 11) is 0. The molecule has 1 aromatic rings. The normalized spacial score (nSPS) is 9.71. The number of amides is 1. The molecule has 1 rings (SSSR count). The van der Waals surface area contributed by atoms with E-state index in [1.165, 1.54) is 12.0 Å². The molecule has 92 valence electrons. The van der Waals surface area contributed by atoms with Gasteiger partial charge in [0, 0.05) is 5.56 Å². The van der Waals surface area contributed by atoms with Crippen LogP contribution in [-0.2, 0) is 6.42 Å². The lowest BCUT2D eigenvalue weighted by molar-refractivity contribution is 0.0944. The number of rotatable bonds is 4. The van der Waals surface area contributed by atoms with Gasteiger partial charge >= 0.3 is 0 Å². The Labute approximate surface area is 107 Å². The Balaban J connectivity index is 2.54. The lowest BCUT2D eigenvalue weighted by atomic mass is 10.1. The van der Waals surface area contributed by atoms with Crippen LogP contribution in [-0.4, -0.2) is 11.0 Å². The molecule has 0 aliphatic heterocycles. The Morgan fingerprint density at radius 3 is 2.47 bits per heavy atom. The first kappa shape index (κ1) is 13.4. The highest BCUT2D eigenvalue weighted by atomic mass is 32.1. The Kier molecular flexibility index (Phi) is 5.42. The fraction of sp³-hybridized carbons (Fsp3) is 0.333. The van der Waals surface area contributed by atoms with E-state index in [1.54, 1.807) is 12.1 Å². The van der Waals surface area contributed by atoms with Crippen LogP contribution in [0.1, 0.15) is 35.7 Å². The minimum Gasteiger partial charge on any atom is -0.375 e. The van der Waals surface area contributed by atoms with Crippen LogP contribution in [0.4, 0.5) is 0 Å². The maximum Gasteiger partial charge on any atom is 0.269 e. The first-order valence-corrected chi connectivity index (χ1v) is 5.99. The van der Waals surface area contributed by atoms with Gasteiger partial charge in [-0.2, -0.15) is 0 Å². The third-order valence-electron chi connectivity index (χ3n) is 2.33. The van der Waals surface area contributed by atoms with Gasteiger partial charge < -0.3 is 5.73 Å². The number of unbranched alkanes of at least 4 members (excludes halogenated alkanes) is 1. The Bertz CT molecular complexity index is 389. The highest BCUT2D eigenvalue weighted by molar-refractivity contribution is 7.80. The second-order valence-electron chi connectivity index (χ2n) is 3.74. The molecule has 0 aromatic heterocycles. The Morgan fingerprint density at radius 1 is 1.29 bits per heavy atom. The number of nitrogens with one attached hydrogen (secondary N) is 2. The number of benzene rings is 1. The van der Waals surface area contributed by atoms with Gasteiger partial charge in [0.1, 0.15) is 0 Å². The summed E-state index contributed by atoms with van der Waals surface area (Å²) in [6.45, 7) is 2.16. The predicted octanol–water partition coefficient (Wildman–Crippen LogP) is 1.51. The molecule has 0 fully saturated rings. The van der Waals surface area contributed by atoms with E-state index in [-0.39, 0.29) is 11.0 Å². The predicted molar refractivity (Wildman–Crippen MR) is 72.4 cm³/mol. The standard InChI is InChI=1S/C12H17N3OS/c1-2-3-4-9-5-7-10(8-6-9)11(16)14-15-12(13)17/h5-8H,2-4H2,1H3,(H,14,16)(H3,13,15,17). The fourth-order valence-electron chi connectivity index (χ4n) is 1.39. The van der Waals surface area contributed by atoms with Gasteiger partial charge in [0.2, 0.25) is 0 Å². The molecule has 0 heterocycles. The maximum absolute atomic E-state index is 11.6. The molecule has 4 nitrogen and oxygen atoms in total. The van der Waals surface area contributed by atoms with Crippen LogP contribution in [0.3, 0.4) is 0 Å². The van der Waals surface area contributed by atoms with E-state index in [9.17, 15) is 4.79 Å². The fourth-order valence-corrected chi connectivity index (χ4v) is 1.45. The second kappa shape index (κ2) is 6.85. The summed E-state index contributed by atoms with van der Waals surface area (Å²) in [6, 6.07) is 7.51. The topological polar surface area (TPSA) is 67.2 Å². The van der Waals surface area contributed by atoms with Crippen molar-refractivity contribution in [3.63, 3.8) is 0 Å². The molecule has 5 heteroatoms. The van der Waals surface area contributed by atoms with Crippen molar-refractivity contribution >= 4 is 23.2 Å². The van der Waals surface area contributed by atoms with Crippen LogP contribution in [0.15, 0.2) is 24.3 Å². The van der Waals surface area contributed by atoms with Crippen molar-refractivity contribution in [2.75, 3.05) is 0 Å². The summed E-state index contributed by atoms with van der Waals surface area (Å²) in [4.78, 5) is 11.6. The number of carbonyl (C=O) groups is 1. The Morgan fingerprint density at radius 2 is 1.94 bits per heavy atom. The van der Waals surface area contributed by atoms with E-state index in [0.717, 1.165) is 12.8 Å². The average molecular weight is 251 g/mol. The van der Waals surface area contributed by atoms with Crippen LogP contribution in [0.2, 0.25) is 0 Å². The van der Waals surface area contributed by atoms with Gasteiger partial charge in [-0.25, -0.2) is 0 Å². The summed E-state index contributed by atoms with van der Waals surface area (Å²) in [5.74, 6) is -0.250. The summed E-state index contributed by atoms with van der Waals surface area (Å²) in [5.41, 5.74) is 11.8.